The fraction of sp³-hybridized carbons (Fsp3) is 0.0476. The standard InChI is InChI=1S/C42H26N4OS/c1-2-10-26(11-3-1)40-44-41(28-18-17-25-9-4-5-12-27(25)21-28)46-42(45-40)34-22-29(23-35-38(34)33-19-20-43-24-36(33)47-35)30-14-8-15-32-31-13-6-7-16-37(31)48-39(30)32/h1-5,7-12,14-24H,6,13H2. The minimum atomic E-state index is 0.596. The molecule has 0 saturated heterocycles. The molecular weight excluding hydrogens is 609 g/mol. The summed E-state index contributed by atoms with van der Waals surface area (Å²) < 4.78 is 7.79. The topological polar surface area (TPSA) is 64.7 Å². The Kier molecular flexibility index (Phi) is 6.11. The van der Waals surface area contributed by atoms with E-state index in [0.29, 0.717) is 17.5 Å². The van der Waals surface area contributed by atoms with Crippen molar-refractivity contribution in [1.29, 1.82) is 0 Å². The lowest BCUT2D eigenvalue weighted by Crippen LogP contribution is -2.00. The molecule has 0 spiro atoms. The molecule has 48 heavy (non-hydrogen) atoms. The summed E-state index contributed by atoms with van der Waals surface area (Å²) >= 11 is 1.86. The molecule has 9 aromatic rings. The lowest BCUT2D eigenvalue weighted by molar-refractivity contribution is 0.667. The summed E-state index contributed by atoms with van der Waals surface area (Å²) in [6.07, 6.45) is 10.3. The van der Waals surface area contributed by atoms with E-state index in [-0.39, 0.29) is 0 Å². The number of hydrogen-bond donors (Lipinski definition) is 0. The first-order chi connectivity index (χ1) is 23.8. The Morgan fingerprint density at radius 2 is 1.44 bits per heavy atom. The van der Waals surface area contributed by atoms with Crippen LogP contribution in [0.2, 0.25) is 0 Å². The molecular formula is C42H26N4OS. The quantitative estimate of drug-likeness (QED) is 0.193. The van der Waals surface area contributed by atoms with Gasteiger partial charge in [0.25, 0.3) is 0 Å². The van der Waals surface area contributed by atoms with E-state index in [9.17, 15) is 0 Å². The molecule has 5 nitrogen and oxygen atoms in total. The fourth-order valence-electron chi connectivity index (χ4n) is 6.99. The maximum absolute atomic E-state index is 6.51. The molecule has 4 aromatic heterocycles. The second-order valence-electron chi connectivity index (χ2n) is 12.2. The van der Waals surface area contributed by atoms with Crippen LogP contribution in [-0.2, 0) is 6.42 Å². The van der Waals surface area contributed by atoms with E-state index in [1.807, 2.05) is 53.9 Å². The van der Waals surface area contributed by atoms with E-state index in [1.165, 1.54) is 31.5 Å². The van der Waals surface area contributed by atoms with Gasteiger partial charge in [0, 0.05) is 43.2 Å². The molecule has 5 aromatic carbocycles. The second-order valence-corrected chi connectivity index (χ2v) is 13.2. The van der Waals surface area contributed by atoms with Gasteiger partial charge < -0.3 is 4.42 Å². The summed E-state index contributed by atoms with van der Waals surface area (Å²) in [5.74, 6) is 1.84. The van der Waals surface area contributed by atoms with Crippen LogP contribution in [0.5, 0.6) is 0 Å². The van der Waals surface area contributed by atoms with Crippen molar-refractivity contribution in [1.82, 2.24) is 19.9 Å². The number of nitrogens with zero attached hydrogens (tertiary/aromatic N) is 4. The molecule has 10 rings (SSSR count). The van der Waals surface area contributed by atoms with Gasteiger partial charge in [-0.3, -0.25) is 4.98 Å². The molecule has 0 atom stereocenters. The Labute approximate surface area is 279 Å². The highest BCUT2D eigenvalue weighted by atomic mass is 32.1. The van der Waals surface area contributed by atoms with E-state index in [0.717, 1.165) is 62.4 Å². The average molecular weight is 635 g/mol. The Bertz CT molecular complexity index is 2740. The van der Waals surface area contributed by atoms with E-state index >= 15 is 0 Å². The third kappa shape index (κ3) is 4.37. The van der Waals surface area contributed by atoms with Gasteiger partial charge in [0.15, 0.2) is 23.1 Å². The van der Waals surface area contributed by atoms with Gasteiger partial charge >= 0.3 is 0 Å². The normalized spacial score (nSPS) is 12.8. The lowest BCUT2D eigenvalue weighted by Gasteiger charge is -2.12. The minimum absolute atomic E-state index is 0.596. The lowest BCUT2D eigenvalue weighted by atomic mass is 9.95. The van der Waals surface area contributed by atoms with Gasteiger partial charge in [-0.2, -0.15) is 0 Å². The predicted molar refractivity (Wildman–Crippen MR) is 197 cm³/mol. The van der Waals surface area contributed by atoms with Crippen molar-refractivity contribution >= 4 is 60.2 Å². The van der Waals surface area contributed by atoms with Crippen molar-refractivity contribution in [2.75, 3.05) is 0 Å². The Morgan fingerprint density at radius 3 is 2.35 bits per heavy atom. The number of aromatic nitrogens is 4. The highest BCUT2D eigenvalue weighted by molar-refractivity contribution is 7.20. The molecule has 4 heterocycles. The van der Waals surface area contributed by atoms with Crippen LogP contribution in [0.4, 0.5) is 0 Å². The van der Waals surface area contributed by atoms with Gasteiger partial charge in [-0.25, -0.2) is 15.0 Å². The summed E-state index contributed by atoms with van der Waals surface area (Å²) in [6.45, 7) is 0. The molecule has 6 heteroatoms. The van der Waals surface area contributed by atoms with Crippen molar-refractivity contribution < 1.29 is 4.42 Å². The maximum atomic E-state index is 6.51. The number of pyridine rings is 1. The third-order valence-corrected chi connectivity index (χ3v) is 10.5. The van der Waals surface area contributed by atoms with Crippen molar-refractivity contribution in [3.63, 3.8) is 0 Å². The van der Waals surface area contributed by atoms with Crippen LogP contribution in [0, 0.1) is 0 Å². The monoisotopic (exact) mass is 634 g/mol. The number of rotatable bonds is 4. The first kappa shape index (κ1) is 27.2. The van der Waals surface area contributed by atoms with Crippen LogP contribution in [0.15, 0.2) is 132 Å². The SMILES string of the molecule is C1=Cc2sc3c(-c4cc(-c5nc(-c6ccccc6)nc(-c6ccc7ccccc7c6)n5)c5c(c4)oc4cnccc45)cccc3c2CC1. The van der Waals surface area contributed by atoms with Gasteiger partial charge in [0.1, 0.15) is 5.58 Å². The molecule has 0 fully saturated rings. The average Bonchev–Trinajstić information content (AvgIpc) is 3.73. The van der Waals surface area contributed by atoms with Crippen LogP contribution >= 0.6 is 11.3 Å². The van der Waals surface area contributed by atoms with Gasteiger partial charge in [0.05, 0.1) is 6.20 Å². The molecule has 1 aliphatic rings. The molecule has 0 radical (unpaired) electrons. The van der Waals surface area contributed by atoms with Crippen molar-refractivity contribution in [2.45, 2.75) is 12.8 Å². The summed E-state index contributed by atoms with van der Waals surface area (Å²) in [5, 5.41) is 5.58. The van der Waals surface area contributed by atoms with Crippen LogP contribution in [0.1, 0.15) is 16.9 Å². The van der Waals surface area contributed by atoms with Crippen molar-refractivity contribution in [2.24, 2.45) is 0 Å². The zero-order valence-electron chi connectivity index (χ0n) is 25.7. The van der Waals surface area contributed by atoms with Gasteiger partial charge in [-0.15, -0.1) is 11.3 Å². The minimum Gasteiger partial charge on any atom is -0.454 e. The molecule has 0 bridgehead atoms. The number of furan rings is 1. The first-order valence-electron chi connectivity index (χ1n) is 16.1. The van der Waals surface area contributed by atoms with E-state index in [4.69, 9.17) is 19.4 Å². The van der Waals surface area contributed by atoms with Gasteiger partial charge in [-0.05, 0) is 76.0 Å². The zero-order chi connectivity index (χ0) is 31.6. The highest BCUT2D eigenvalue weighted by Gasteiger charge is 2.22. The maximum Gasteiger partial charge on any atom is 0.164 e. The number of hydrogen-bond acceptors (Lipinski definition) is 6. The predicted octanol–water partition coefficient (Wildman–Crippen LogP) is 11.2. The number of thiophene rings is 1. The molecule has 0 amide bonds. The van der Waals surface area contributed by atoms with Gasteiger partial charge in [-0.1, -0.05) is 91.0 Å². The summed E-state index contributed by atoms with van der Waals surface area (Å²) in [6, 6.07) is 37.9. The summed E-state index contributed by atoms with van der Waals surface area (Å²) in [5.41, 5.74) is 7.95. The van der Waals surface area contributed by atoms with Crippen molar-refractivity contribution in [3.05, 3.63) is 138 Å². The van der Waals surface area contributed by atoms with E-state index < -0.39 is 0 Å². The zero-order valence-corrected chi connectivity index (χ0v) is 26.5. The van der Waals surface area contributed by atoms with Crippen LogP contribution in [-0.4, -0.2) is 19.9 Å². The fourth-order valence-corrected chi connectivity index (χ4v) is 8.31. The van der Waals surface area contributed by atoms with E-state index in [1.54, 1.807) is 6.20 Å². The summed E-state index contributed by atoms with van der Waals surface area (Å²) in [4.78, 5) is 21.1. The van der Waals surface area contributed by atoms with Crippen LogP contribution in [0.3, 0.4) is 0 Å². The summed E-state index contributed by atoms with van der Waals surface area (Å²) in [7, 11) is 0. The van der Waals surface area contributed by atoms with Crippen molar-refractivity contribution in [3.8, 4) is 45.3 Å². The van der Waals surface area contributed by atoms with Crippen LogP contribution in [0.25, 0.3) is 94.2 Å². The Hall–Kier alpha value is -5.98. The van der Waals surface area contributed by atoms with E-state index in [2.05, 4.69) is 89.9 Å². The molecule has 0 aliphatic heterocycles. The molecule has 1 aliphatic carbocycles. The molecule has 226 valence electrons. The number of fused-ring (bicyclic) bond motifs is 7. The molecule has 0 unspecified atom stereocenters. The smallest absolute Gasteiger partial charge is 0.164 e. The Balaban J connectivity index is 1.26. The number of allylic oxidation sites excluding steroid dienone is 1. The largest absolute Gasteiger partial charge is 0.454 e. The number of aryl methyl sites for hydroxylation is 1. The van der Waals surface area contributed by atoms with Gasteiger partial charge in [0.2, 0.25) is 0 Å². The Morgan fingerprint density at radius 1 is 0.604 bits per heavy atom. The molecule has 0 saturated carbocycles. The second kappa shape index (κ2) is 10.8. The first-order valence-corrected chi connectivity index (χ1v) is 16.9. The van der Waals surface area contributed by atoms with Crippen LogP contribution < -0.4 is 0 Å². The molecule has 0 N–H and O–H groups in total. The highest BCUT2D eigenvalue weighted by Crippen LogP contribution is 2.44. The number of benzene rings is 5. The third-order valence-electron chi connectivity index (χ3n) is 9.28.